The summed E-state index contributed by atoms with van der Waals surface area (Å²) in [6, 6.07) is 16.7. The van der Waals surface area contributed by atoms with E-state index in [1.165, 1.54) is 0 Å². The number of aromatic nitrogens is 4. The third-order valence-electron chi connectivity index (χ3n) is 4.29. The molecule has 0 aliphatic carbocycles. The standard InChI is InChI=1S/C21H17N5O2/c27-11-10-18-14-26(19-4-2-1-3-5-19)21(24-18)25-20(28)16-8-6-15(7-9-16)17-12-22-23-13-17/h1-9,11-14H,10H2,(H,22,23)(H,24,25,28). The van der Waals surface area contributed by atoms with Crippen LogP contribution >= 0.6 is 0 Å². The van der Waals surface area contributed by atoms with Crippen LogP contribution in [0.2, 0.25) is 0 Å². The fourth-order valence-electron chi connectivity index (χ4n) is 2.88. The van der Waals surface area contributed by atoms with E-state index in [0.717, 1.165) is 23.1 Å². The summed E-state index contributed by atoms with van der Waals surface area (Å²) in [6.07, 6.45) is 6.24. The van der Waals surface area contributed by atoms with Crippen LogP contribution in [0.4, 0.5) is 5.95 Å². The molecule has 0 radical (unpaired) electrons. The van der Waals surface area contributed by atoms with Gasteiger partial charge in [0.15, 0.2) is 0 Å². The number of rotatable bonds is 6. The highest BCUT2D eigenvalue weighted by molar-refractivity contribution is 6.03. The van der Waals surface area contributed by atoms with Gasteiger partial charge in [0.25, 0.3) is 5.91 Å². The van der Waals surface area contributed by atoms with Crippen molar-refractivity contribution >= 4 is 18.1 Å². The van der Waals surface area contributed by atoms with Gasteiger partial charge in [0.2, 0.25) is 5.95 Å². The molecule has 138 valence electrons. The lowest BCUT2D eigenvalue weighted by atomic mass is 10.1. The summed E-state index contributed by atoms with van der Waals surface area (Å²) in [6.45, 7) is 0. The number of amides is 1. The molecule has 0 aliphatic rings. The molecule has 0 atom stereocenters. The lowest BCUT2D eigenvalue weighted by Crippen LogP contribution is -2.15. The molecule has 4 rings (SSSR count). The van der Waals surface area contributed by atoms with Gasteiger partial charge in [-0.3, -0.25) is 19.8 Å². The SMILES string of the molecule is O=CCc1cn(-c2ccccc2)c(NC(=O)c2ccc(-c3cn[nH]c3)cc2)n1. The predicted molar refractivity (Wildman–Crippen MR) is 105 cm³/mol. The maximum atomic E-state index is 12.7. The normalized spacial score (nSPS) is 10.6. The number of carbonyl (C=O) groups is 2. The molecule has 2 heterocycles. The van der Waals surface area contributed by atoms with E-state index in [-0.39, 0.29) is 12.3 Å². The van der Waals surface area contributed by atoms with Gasteiger partial charge in [0, 0.05) is 35.6 Å². The molecule has 2 aromatic carbocycles. The Hall–Kier alpha value is -4.00. The fraction of sp³-hybridized carbons (Fsp3) is 0.0476. The number of nitrogens with one attached hydrogen (secondary N) is 2. The van der Waals surface area contributed by atoms with E-state index in [9.17, 15) is 9.59 Å². The lowest BCUT2D eigenvalue weighted by Gasteiger charge is -2.09. The number of anilines is 1. The zero-order valence-electron chi connectivity index (χ0n) is 14.9. The minimum Gasteiger partial charge on any atom is -0.303 e. The topological polar surface area (TPSA) is 92.7 Å². The van der Waals surface area contributed by atoms with Crippen LogP contribution in [0.3, 0.4) is 0 Å². The monoisotopic (exact) mass is 371 g/mol. The Morgan fingerprint density at radius 1 is 1.07 bits per heavy atom. The maximum Gasteiger partial charge on any atom is 0.257 e. The highest BCUT2D eigenvalue weighted by Gasteiger charge is 2.14. The Balaban J connectivity index is 1.59. The Kier molecular flexibility index (Phi) is 4.79. The summed E-state index contributed by atoms with van der Waals surface area (Å²) in [7, 11) is 0. The summed E-state index contributed by atoms with van der Waals surface area (Å²) < 4.78 is 1.76. The van der Waals surface area contributed by atoms with Gasteiger partial charge in [0.05, 0.1) is 11.9 Å². The number of aromatic amines is 1. The molecule has 0 saturated carbocycles. The van der Waals surface area contributed by atoms with Crippen molar-refractivity contribution in [2.24, 2.45) is 0 Å². The van der Waals surface area contributed by atoms with Crippen LogP contribution in [-0.2, 0) is 11.2 Å². The molecule has 0 bridgehead atoms. The first-order valence-corrected chi connectivity index (χ1v) is 8.72. The van der Waals surface area contributed by atoms with Crippen LogP contribution < -0.4 is 5.32 Å². The third kappa shape index (κ3) is 3.59. The second-order valence-corrected chi connectivity index (χ2v) is 6.15. The van der Waals surface area contributed by atoms with E-state index in [4.69, 9.17) is 0 Å². The summed E-state index contributed by atoms with van der Waals surface area (Å²) in [5, 5.41) is 9.53. The zero-order chi connectivity index (χ0) is 19.3. The van der Waals surface area contributed by atoms with Crippen molar-refractivity contribution in [3.8, 4) is 16.8 Å². The second kappa shape index (κ2) is 7.71. The van der Waals surface area contributed by atoms with Crippen molar-refractivity contribution in [2.75, 3.05) is 5.32 Å². The summed E-state index contributed by atoms with van der Waals surface area (Å²) in [4.78, 5) is 28.0. The Labute approximate surface area is 161 Å². The molecule has 2 aromatic heterocycles. The van der Waals surface area contributed by atoms with Gasteiger partial charge in [-0.1, -0.05) is 30.3 Å². The van der Waals surface area contributed by atoms with Crippen molar-refractivity contribution < 1.29 is 9.59 Å². The van der Waals surface area contributed by atoms with Crippen molar-refractivity contribution in [1.82, 2.24) is 19.7 Å². The van der Waals surface area contributed by atoms with Gasteiger partial charge in [-0.25, -0.2) is 4.98 Å². The number of hydrogen-bond donors (Lipinski definition) is 2. The van der Waals surface area contributed by atoms with Crippen LogP contribution in [0.25, 0.3) is 16.8 Å². The summed E-state index contributed by atoms with van der Waals surface area (Å²) in [5.74, 6) is 0.0890. The van der Waals surface area contributed by atoms with Crippen LogP contribution in [0.15, 0.2) is 73.2 Å². The number of aldehydes is 1. The van der Waals surface area contributed by atoms with Gasteiger partial charge >= 0.3 is 0 Å². The summed E-state index contributed by atoms with van der Waals surface area (Å²) >= 11 is 0. The number of benzene rings is 2. The van der Waals surface area contributed by atoms with E-state index in [2.05, 4.69) is 20.5 Å². The van der Waals surface area contributed by atoms with E-state index in [0.29, 0.717) is 17.2 Å². The number of nitrogens with zero attached hydrogens (tertiary/aromatic N) is 3. The number of H-pyrrole nitrogens is 1. The van der Waals surface area contributed by atoms with Gasteiger partial charge in [-0.2, -0.15) is 5.10 Å². The second-order valence-electron chi connectivity index (χ2n) is 6.15. The molecule has 7 heteroatoms. The van der Waals surface area contributed by atoms with Crippen molar-refractivity contribution in [2.45, 2.75) is 6.42 Å². The van der Waals surface area contributed by atoms with Gasteiger partial charge < -0.3 is 4.79 Å². The lowest BCUT2D eigenvalue weighted by molar-refractivity contribution is -0.107. The average molecular weight is 371 g/mol. The third-order valence-corrected chi connectivity index (χ3v) is 4.29. The van der Waals surface area contributed by atoms with Crippen molar-refractivity contribution in [3.05, 3.63) is 84.4 Å². The summed E-state index contributed by atoms with van der Waals surface area (Å²) in [5.41, 5.74) is 3.85. The minimum atomic E-state index is -0.279. The fourth-order valence-corrected chi connectivity index (χ4v) is 2.88. The largest absolute Gasteiger partial charge is 0.303 e. The Bertz CT molecular complexity index is 1080. The highest BCUT2D eigenvalue weighted by atomic mass is 16.1. The molecule has 28 heavy (non-hydrogen) atoms. The van der Waals surface area contributed by atoms with E-state index in [1.54, 1.807) is 35.3 Å². The molecule has 1 amide bonds. The van der Waals surface area contributed by atoms with Crippen LogP contribution in [0.5, 0.6) is 0 Å². The number of carbonyl (C=O) groups excluding carboxylic acids is 2. The Morgan fingerprint density at radius 2 is 1.86 bits per heavy atom. The predicted octanol–water partition coefficient (Wildman–Crippen LogP) is 3.26. The molecule has 0 aliphatic heterocycles. The zero-order valence-corrected chi connectivity index (χ0v) is 14.9. The van der Waals surface area contributed by atoms with Crippen molar-refractivity contribution in [3.63, 3.8) is 0 Å². The number of para-hydroxylation sites is 1. The molecular weight excluding hydrogens is 354 g/mol. The van der Waals surface area contributed by atoms with E-state index in [1.807, 2.05) is 42.5 Å². The van der Waals surface area contributed by atoms with Gasteiger partial charge in [0.1, 0.15) is 6.29 Å². The molecule has 0 spiro atoms. The number of hydrogen-bond acceptors (Lipinski definition) is 4. The van der Waals surface area contributed by atoms with Crippen LogP contribution in [0, 0.1) is 0 Å². The van der Waals surface area contributed by atoms with Crippen LogP contribution in [-0.4, -0.2) is 31.9 Å². The van der Waals surface area contributed by atoms with E-state index >= 15 is 0 Å². The maximum absolute atomic E-state index is 12.7. The number of imidazole rings is 1. The van der Waals surface area contributed by atoms with E-state index < -0.39 is 0 Å². The molecular formula is C21H17N5O2. The van der Waals surface area contributed by atoms with Crippen LogP contribution in [0.1, 0.15) is 16.1 Å². The molecule has 4 aromatic rings. The molecule has 0 fully saturated rings. The Morgan fingerprint density at radius 3 is 2.54 bits per heavy atom. The quantitative estimate of drug-likeness (QED) is 0.509. The smallest absolute Gasteiger partial charge is 0.257 e. The van der Waals surface area contributed by atoms with Gasteiger partial charge in [-0.15, -0.1) is 0 Å². The average Bonchev–Trinajstić information content (AvgIpc) is 3.39. The first-order chi connectivity index (χ1) is 13.7. The molecule has 0 saturated heterocycles. The minimum absolute atomic E-state index is 0.183. The van der Waals surface area contributed by atoms with Crippen molar-refractivity contribution in [1.29, 1.82) is 0 Å². The highest BCUT2D eigenvalue weighted by Crippen LogP contribution is 2.20. The molecule has 2 N–H and O–H groups in total. The molecule has 7 nitrogen and oxygen atoms in total. The van der Waals surface area contributed by atoms with Gasteiger partial charge in [-0.05, 0) is 29.8 Å². The first-order valence-electron chi connectivity index (χ1n) is 8.72. The molecule has 0 unspecified atom stereocenters. The first kappa shape index (κ1) is 17.4.